The summed E-state index contributed by atoms with van der Waals surface area (Å²) < 4.78 is 2.63. The van der Waals surface area contributed by atoms with Crippen LogP contribution in [-0.2, 0) is 0 Å². The highest BCUT2D eigenvalue weighted by atomic mass is 79.9. The van der Waals surface area contributed by atoms with Gasteiger partial charge in [-0.15, -0.1) is 12.4 Å². The molecule has 0 heterocycles. The van der Waals surface area contributed by atoms with Gasteiger partial charge in [0, 0.05) is 21.7 Å². The molecule has 0 aliphatic rings. The van der Waals surface area contributed by atoms with Crippen molar-refractivity contribution in [1.82, 2.24) is 4.34 Å². The molecule has 1 aromatic carbocycles. The van der Waals surface area contributed by atoms with Crippen LogP contribution in [0.2, 0.25) is 0 Å². The normalized spacial score (nSPS) is 8.75. The Hall–Kier alpha value is -0.380. The van der Waals surface area contributed by atoms with E-state index in [-0.39, 0.29) is 18.2 Å². The maximum absolute atomic E-state index is 11.2. The Bertz CT molecular complexity index is 240. The molecule has 12 heavy (non-hydrogen) atoms. The molecule has 0 saturated heterocycles. The van der Waals surface area contributed by atoms with Crippen molar-refractivity contribution in [2.24, 2.45) is 0 Å². The molecule has 0 unspecified atom stereocenters. The largest absolute Gasteiger partial charge is 0.293 e. The zero-order valence-electron chi connectivity index (χ0n) is 6.29. The number of rotatable bonds is 3. The molecular formula is C8H9BrClNO. The first-order chi connectivity index (χ1) is 5.34. The molecule has 66 valence electrons. The van der Waals surface area contributed by atoms with E-state index in [1.54, 1.807) is 12.1 Å². The van der Waals surface area contributed by atoms with Gasteiger partial charge in [-0.1, -0.05) is 30.3 Å². The summed E-state index contributed by atoms with van der Waals surface area (Å²) in [6.07, 6.45) is 0. The van der Waals surface area contributed by atoms with Gasteiger partial charge in [0.2, 0.25) is 0 Å². The molecule has 4 heteroatoms. The van der Waals surface area contributed by atoms with E-state index in [2.05, 4.69) is 20.5 Å². The smallest absolute Gasteiger partial charge is 0.177 e. The second-order valence-corrected chi connectivity index (χ2v) is 2.66. The highest BCUT2D eigenvalue weighted by molar-refractivity contribution is 9.08. The van der Waals surface area contributed by atoms with Crippen LogP contribution in [0.25, 0.3) is 0 Å². The van der Waals surface area contributed by atoms with Gasteiger partial charge in [0.1, 0.15) is 0 Å². The van der Waals surface area contributed by atoms with E-state index < -0.39 is 0 Å². The van der Waals surface area contributed by atoms with Gasteiger partial charge in [0.05, 0.1) is 6.54 Å². The molecule has 0 saturated carbocycles. The van der Waals surface area contributed by atoms with Crippen molar-refractivity contribution >= 4 is 34.3 Å². The molecule has 1 N–H and O–H groups in total. The van der Waals surface area contributed by atoms with Gasteiger partial charge in [-0.2, -0.15) is 0 Å². The minimum absolute atomic E-state index is 0. The summed E-state index contributed by atoms with van der Waals surface area (Å²) in [5, 5.41) is 0. The van der Waals surface area contributed by atoms with Gasteiger partial charge >= 0.3 is 0 Å². The number of nitrogens with one attached hydrogen (secondary N) is 1. The highest BCUT2D eigenvalue weighted by Crippen LogP contribution is 1.98. The molecule has 0 amide bonds. The van der Waals surface area contributed by atoms with Gasteiger partial charge in [-0.3, -0.25) is 4.79 Å². The lowest BCUT2D eigenvalue weighted by Crippen LogP contribution is -2.13. The quantitative estimate of drug-likeness (QED) is 0.658. The third-order valence-electron chi connectivity index (χ3n) is 1.32. The summed E-state index contributed by atoms with van der Waals surface area (Å²) in [6, 6.07) is 9.18. The molecule has 0 fully saturated rings. The monoisotopic (exact) mass is 249 g/mol. The van der Waals surface area contributed by atoms with Crippen molar-refractivity contribution in [2.45, 2.75) is 0 Å². The third kappa shape index (κ3) is 3.34. The lowest BCUT2D eigenvalue weighted by molar-refractivity contribution is 0.0998. The summed E-state index contributed by atoms with van der Waals surface area (Å²) >= 11 is 2.98. The summed E-state index contributed by atoms with van der Waals surface area (Å²) in [5.41, 5.74) is 0.736. The Morgan fingerprint density at radius 2 is 1.92 bits per heavy atom. The van der Waals surface area contributed by atoms with E-state index in [0.717, 1.165) is 5.56 Å². The first kappa shape index (κ1) is 11.6. The van der Waals surface area contributed by atoms with Gasteiger partial charge in [0.25, 0.3) is 0 Å². The predicted octanol–water partition coefficient (Wildman–Crippen LogP) is 2.19. The van der Waals surface area contributed by atoms with Gasteiger partial charge < -0.3 is 0 Å². The number of halogens is 2. The van der Waals surface area contributed by atoms with E-state index in [1.165, 1.54) is 0 Å². The summed E-state index contributed by atoms with van der Waals surface area (Å²) in [6.45, 7) is 0.323. The van der Waals surface area contributed by atoms with Crippen molar-refractivity contribution < 1.29 is 4.79 Å². The Labute approximate surface area is 86.1 Å². The standard InChI is InChI=1S/C8H8BrNO.ClH/c9-10-6-8(11)7-4-2-1-3-5-7;/h1-5,10H,6H2;1H. The fourth-order valence-corrected chi connectivity index (χ4v) is 1.04. The fraction of sp³-hybridized carbons (Fsp3) is 0.125. The van der Waals surface area contributed by atoms with Crippen LogP contribution in [0.15, 0.2) is 30.3 Å². The van der Waals surface area contributed by atoms with Crippen LogP contribution in [-0.4, -0.2) is 12.3 Å². The van der Waals surface area contributed by atoms with Crippen LogP contribution in [0, 0.1) is 0 Å². The minimum atomic E-state index is 0. The maximum Gasteiger partial charge on any atom is 0.177 e. The average Bonchev–Trinajstić information content (AvgIpc) is 2.07. The molecule has 0 radical (unpaired) electrons. The molecule has 1 rings (SSSR count). The van der Waals surface area contributed by atoms with E-state index in [9.17, 15) is 4.79 Å². The first-order valence-electron chi connectivity index (χ1n) is 3.26. The summed E-state index contributed by atoms with van der Waals surface area (Å²) in [7, 11) is 0. The predicted molar refractivity (Wildman–Crippen MR) is 55.0 cm³/mol. The molecule has 0 bridgehead atoms. The summed E-state index contributed by atoms with van der Waals surface area (Å²) in [5.74, 6) is 0.0856. The van der Waals surface area contributed by atoms with Gasteiger partial charge in [-0.05, 0) is 0 Å². The van der Waals surface area contributed by atoms with Crippen LogP contribution in [0.4, 0.5) is 0 Å². The first-order valence-corrected chi connectivity index (χ1v) is 4.05. The molecule has 1 aromatic rings. The zero-order chi connectivity index (χ0) is 8.10. The van der Waals surface area contributed by atoms with Crippen LogP contribution in [0.5, 0.6) is 0 Å². The molecule has 2 nitrogen and oxygen atoms in total. The average molecular weight is 251 g/mol. The third-order valence-corrected chi connectivity index (χ3v) is 1.60. The number of carbonyl (C=O) groups is 1. The Kier molecular flexibility index (Phi) is 5.98. The van der Waals surface area contributed by atoms with Crippen molar-refractivity contribution in [2.75, 3.05) is 6.54 Å². The number of carbonyl (C=O) groups excluding carboxylic acids is 1. The topological polar surface area (TPSA) is 29.1 Å². The summed E-state index contributed by atoms with van der Waals surface area (Å²) in [4.78, 5) is 11.2. The van der Waals surface area contributed by atoms with Crippen molar-refractivity contribution in [3.05, 3.63) is 35.9 Å². The Morgan fingerprint density at radius 1 is 1.33 bits per heavy atom. The van der Waals surface area contributed by atoms with Crippen molar-refractivity contribution in [3.63, 3.8) is 0 Å². The lowest BCUT2D eigenvalue weighted by Gasteiger charge is -1.96. The van der Waals surface area contributed by atoms with Gasteiger partial charge in [-0.25, -0.2) is 4.34 Å². The maximum atomic E-state index is 11.2. The second-order valence-electron chi connectivity index (χ2n) is 2.10. The molecular weight excluding hydrogens is 241 g/mol. The molecule has 0 aliphatic carbocycles. The Balaban J connectivity index is 0.00000121. The number of ketones is 1. The zero-order valence-corrected chi connectivity index (χ0v) is 8.69. The Morgan fingerprint density at radius 3 is 2.42 bits per heavy atom. The second kappa shape index (κ2) is 6.17. The minimum Gasteiger partial charge on any atom is -0.293 e. The van der Waals surface area contributed by atoms with Crippen LogP contribution >= 0.6 is 28.6 Å². The number of hydrogen-bond acceptors (Lipinski definition) is 2. The molecule has 0 spiro atoms. The van der Waals surface area contributed by atoms with Crippen LogP contribution in [0.1, 0.15) is 10.4 Å². The SMILES string of the molecule is Cl.O=C(CNBr)c1ccccc1. The number of benzene rings is 1. The van der Waals surface area contributed by atoms with E-state index in [4.69, 9.17) is 0 Å². The van der Waals surface area contributed by atoms with Gasteiger partial charge in [0.15, 0.2) is 5.78 Å². The molecule has 0 atom stereocenters. The molecule has 0 aromatic heterocycles. The van der Waals surface area contributed by atoms with Crippen LogP contribution < -0.4 is 4.34 Å². The van der Waals surface area contributed by atoms with Crippen LogP contribution in [0.3, 0.4) is 0 Å². The number of hydrogen-bond donors (Lipinski definition) is 1. The van der Waals surface area contributed by atoms with E-state index in [1.807, 2.05) is 18.2 Å². The lowest BCUT2D eigenvalue weighted by atomic mass is 10.1. The van der Waals surface area contributed by atoms with Crippen molar-refractivity contribution in [3.8, 4) is 0 Å². The van der Waals surface area contributed by atoms with Crippen molar-refractivity contribution in [1.29, 1.82) is 0 Å². The fourth-order valence-electron chi connectivity index (χ4n) is 0.787. The van der Waals surface area contributed by atoms with E-state index in [0.29, 0.717) is 6.54 Å². The highest BCUT2D eigenvalue weighted by Gasteiger charge is 2.01. The van der Waals surface area contributed by atoms with E-state index >= 15 is 0 Å². The molecule has 0 aliphatic heterocycles. The number of Topliss-reactive ketones (excluding diaryl/α,β-unsaturated/α-hetero) is 1.